The summed E-state index contributed by atoms with van der Waals surface area (Å²) in [4.78, 5) is 0. The van der Waals surface area contributed by atoms with Crippen molar-refractivity contribution < 1.29 is 0 Å². The minimum absolute atomic E-state index is 0.0354. The normalized spacial score (nSPS) is 10.8. The molecule has 0 aromatic heterocycles. The standard InChI is InChI=1S/C15H14Te/c1-3-8-14(9-4-1)10-7-13-16-15-11-5-2-6-12-15/h1-12H,13H2/b10-7+. The van der Waals surface area contributed by atoms with Crippen LogP contribution in [0.2, 0.25) is 4.47 Å². The topological polar surface area (TPSA) is 0 Å². The van der Waals surface area contributed by atoms with Gasteiger partial charge >= 0.3 is 107 Å². The van der Waals surface area contributed by atoms with E-state index in [-0.39, 0.29) is 20.9 Å². The molecule has 1 heteroatoms. The van der Waals surface area contributed by atoms with Crippen molar-refractivity contribution >= 4 is 30.6 Å². The zero-order valence-electron chi connectivity index (χ0n) is 9.04. The second-order valence-corrected chi connectivity index (χ2v) is 6.56. The molecule has 0 saturated carbocycles. The Hall–Kier alpha value is -1.03. The van der Waals surface area contributed by atoms with Gasteiger partial charge in [0.25, 0.3) is 0 Å². The van der Waals surface area contributed by atoms with Crippen molar-refractivity contribution in [1.82, 2.24) is 0 Å². The molecule has 16 heavy (non-hydrogen) atoms. The van der Waals surface area contributed by atoms with E-state index in [4.69, 9.17) is 0 Å². The van der Waals surface area contributed by atoms with Gasteiger partial charge < -0.3 is 0 Å². The molecule has 0 heterocycles. The molecule has 2 aromatic rings. The second-order valence-electron chi connectivity index (χ2n) is 3.44. The van der Waals surface area contributed by atoms with E-state index in [0.29, 0.717) is 0 Å². The Bertz CT molecular complexity index is 432. The molecule has 0 nitrogen and oxygen atoms in total. The Morgan fingerprint density at radius 1 is 0.812 bits per heavy atom. The van der Waals surface area contributed by atoms with Crippen molar-refractivity contribution in [1.29, 1.82) is 0 Å². The maximum absolute atomic E-state index is 2.30. The van der Waals surface area contributed by atoms with Crippen molar-refractivity contribution in [2.45, 2.75) is 4.47 Å². The van der Waals surface area contributed by atoms with E-state index in [1.54, 1.807) is 0 Å². The van der Waals surface area contributed by atoms with E-state index in [1.165, 1.54) is 13.6 Å². The molecule has 0 N–H and O–H groups in total. The second kappa shape index (κ2) is 6.53. The van der Waals surface area contributed by atoms with Gasteiger partial charge in [-0.15, -0.1) is 0 Å². The van der Waals surface area contributed by atoms with Gasteiger partial charge in [0.1, 0.15) is 0 Å². The summed E-state index contributed by atoms with van der Waals surface area (Å²) < 4.78 is 2.76. The van der Waals surface area contributed by atoms with Gasteiger partial charge in [0.05, 0.1) is 0 Å². The van der Waals surface area contributed by atoms with Crippen LogP contribution in [0.15, 0.2) is 66.7 Å². The molecule has 2 rings (SSSR count). The first-order valence-electron chi connectivity index (χ1n) is 5.34. The van der Waals surface area contributed by atoms with Crippen LogP contribution in [0.1, 0.15) is 5.56 Å². The minimum atomic E-state index is -0.0354. The Labute approximate surface area is 107 Å². The van der Waals surface area contributed by atoms with E-state index in [0.717, 1.165) is 0 Å². The summed E-state index contributed by atoms with van der Waals surface area (Å²) in [6.45, 7) is 0. The fourth-order valence-electron chi connectivity index (χ4n) is 1.41. The van der Waals surface area contributed by atoms with E-state index in [9.17, 15) is 0 Å². The first kappa shape index (κ1) is 11.5. The van der Waals surface area contributed by atoms with Crippen molar-refractivity contribution in [3.8, 4) is 0 Å². The van der Waals surface area contributed by atoms with Gasteiger partial charge in [-0.2, -0.15) is 0 Å². The number of rotatable bonds is 4. The Morgan fingerprint density at radius 2 is 1.44 bits per heavy atom. The average Bonchev–Trinajstić information content (AvgIpc) is 2.37. The third kappa shape index (κ3) is 3.85. The van der Waals surface area contributed by atoms with E-state index in [1.807, 2.05) is 0 Å². The van der Waals surface area contributed by atoms with Gasteiger partial charge in [-0.25, -0.2) is 0 Å². The van der Waals surface area contributed by atoms with E-state index >= 15 is 0 Å². The molecule has 0 spiro atoms. The van der Waals surface area contributed by atoms with Crippen LogP contribution in [-0.2, 0) is 0 Å². The fourth-order valence-corrected chi connectivity index (χ4v) is 3.51. The Morgan fingerprint density at radius 3 is 2.12 bits per heavy atom. The summed E-state index contributed by atoms with van der Waals surface area (Å²) in [6.07, 6.45) is 4.51. The van der Waals surface area contributed by atoms with Gasteiger partial charge in [0.15, 0.2) is 0 Å². The monoisotopic (exact) mass is 324 g/mol. The summed E-state index contributed by atoms with van der Waals surface area (Å²) >= 11 is -0.0354. The van der Waals surface area contributed by atoms with Crippen LogP contribution in [0.3, 0.4) is 0 Å². The zero-order chi connectivity index (χ0) is 11.1. The third-order valence-electron chi connectivity index (χ3n) is 2.20. The van der Waals surface area contributed by atoms with Crippen LogP contribution in [-0.4, -0.2) is 20.9 Å². The van der Waals surface area contributed by atoms with Crippen LogP contribution in [0.5, 0.6) is 0 Å². The molecule has 0 saturated heterocycles. The summed E-state index contributed by atoms with van der Waals surface area (Å²) in [5, 5.41) is 0. The van der Waals surface area contributed by atoms with Crippen molar-refractivity contribution in [3.05, 3.63) is 72.3 Å². The Kier molecular flexibility index (Phi) is 4.68. The molecule has 2 aromatic carbocycles. The molecular weight excluding hydrogens is 308 g/mol. The van der Waals surface area contributed by atoms with Crippen LogP contribution in [0.4, 0.5) is 0 Å². The maximum atomic E-state index is 2.30. The Balaban J connectivity index is 1.83. The van der Waals surface area contributed by atoms with Gasteiger partial charge in [-0.05, 0) is 0 Å². The molecular formula is C15H14Te. The van der Waals surface area contributed by atoms with Crippen LogP contribution in [0.25, 0.3) is 6.08 Å². The van der Waals surface area contributed by atoms with Crippen LogP contribution < -0.4 is 3.61 Å². The van der Waals surface area contributed by atoms with Crippen LogP contribution in [0, 0.1) is 0 Å². The molecule has 0 aliphatic heterocycles. The predicted octanol–water partition coefficient (Wildman–Crippen LogP) is 3.15. The van der Waals surface area contributed by atoms with E-state index in [2.05, 4.69) is 72.8 Å². The number of allylic oxidation sites excluding steroid dienone is 1. The van der Waals surface area contributed by atoms with Gasteiger partial charge in [-0.3, -0.25) is 0 Å². The predicted molar refractivity (Wildman–Crippen MR) is 72.1 cm³/mol. The van der Waals surface area contributed by atoms with Crippen LogP contribution >= 0.6 is 0 Å². The molecule has 0 amide bonds. The summed E-state index contributed by atoms with van der Waals surface area (Å²) in [5.41, 5.74) is 1.29. The SMILES string of the molecule is C(=C\c1ccccc1)/C[Te]c1ccccc1. The summed E-state index contributed by atoms with van der Waals surface area (Å²) in [5.74, 6) is 0. The summed E-state index contributed by atoms with van der Waals surface area (Å²) in [7, 11) is 0. The quantitative estimate of drug-likeness (QED) is 0.759. The first-order chi connectivity index (χ1) is 7.95. The molecule has 0 aliphatic carbocycles. The van der Waals surface area contributed by atoms with Gasteiger partial charge in [-0.1, -0.05) is 0 Å². The molecule has 0 aliphatic rings. The zero-order valence-corrected chi connectivity index (χ0v) is 11.4. The van der Waals surface area contributed by atoms with E-state index < -0.39 is 0 Å². The molecule has 80 valence electrons. The molecule has 0 atom stereocenters. The van der Waals surface area contributed by atoms with Crippen molar-refractivity contribution in [3.63, 3.8) is 0 Å². The third-order valence-corrected chi connectivity index (χ3v) is 4.95. The van der Waals surface area contributed by atoms with Gasteiger partial charge in [0, 0.05) is 0 Å². The van der Waals surface area contributed by atoms with Crippen molar-refractivity contribution in [2.75, 3.05) is 0 Å². The molecule has 0 fully saturated rings. The molecule has 0 bridgehead atoms. The first-order valence-corrected chi connectivity index (χ1v) is 8.16. The molecule has 0 radical (unpaired) electrons. The fraction of sp³-hybridized carbons (Fsp3) is 0.0667. The number of hydrogen-bond acceptors (Lipinski definition) is 0. The summed E-state index contributed by atoms with van der Waals surface area (Å²) in [6, 6.07) is 21.3. The van der Waals surface area contributed by atoms with Gasteiger partial charge in [0.2, 0.25) is 0 Å². The van der Waals surface area contributed by atoms with Crippen molar-refractivity contribution in [2.24, 2.45) is 0 Å². The number of benzene rings is 2. The average molecular weight is 322 g/mol. The molecule has 0 unspecified atom stereocenters. The number of hydrogen-bond donors (Lipinski definition) is 0.